The molecular formula is C13H17BrClN3O. The molecular weight excluding hydrogens is 330 g/mol. The van der Waals surface area contributed by atoms with Gasteiger partial charge in [0.15, 0.2) is 0 Å². The van der Waals surface area contributed by atoms with Crippen molar-refractivity contribution in [3.63, 3.8) is 0 Å². The minimum absolute atomic E-state index is 0. The molecule has 1 aliphatic carbocycles. The van der Waals surface area contributed by atoms with Gasteiger partial charge in [-0.2, -0.15) is 0 Å². The van der Waals surface area contributed by atoms with Crippen LogP contribution in [0.2, 0.25) is 0 Å². The summed E-state index contributed by atoms with van der Waals surface area (Å²) >= 11 is 3.32. The molecule has 0 spiro atoms. The fourth-order valence-corrected chi connectivity index (χ4v) is 3.29. The number of carbonyl (C=O) groups is 1. The van der Waals surface area contributed by atoms with Gasteiger partial charge in [-0.05, 0) is 59.7 Å². The largest absolute Gasteiger partial charge is 0.309 e. The lowest BCUT2D eigenvalue weighted by Crippen LogP contribution is -2.44. The van der Waals surface area contributed by atoms with Crippen LogP contribution in [0, 0.1) is 12.8 Å². The highest BCUT2D eigenvalue weighted by atomic mass is 79.9. The lowest BCUT2D eigenvalue weighted by molar-refractivity contribution is -0.119. The Morgan fingerprint density at radius 2 is 2.26 bits per heavy atom. The zero-order valence-corrected chi connectivity index (χ0v) is 13.1. The number of anilines is 1. The molecule has 1 aromatic heterocycles. The zero-order chi connectivity index (χ0) is 12.7. The van der Waals surface area contributed by atoms with E-state index in [4.69, 9.17) is 0 Å². The van der Waals surface area contributed by atoms with Crippen molar-refractivity contribution < 1.29 is 4.79 Å². The Morgan fingerprint density at radius 3 is 2.89 bits per heavy atom. The van der Waals surface area contributed by atoms with Gasteiger partial charge in [0.25, 0.3) is 0 Å². The quantitative estimate of drug-likeness (QED) is 0.810. The molecule has 2 bridgehead atoms. The lowest BCUT2D eigenvalue weighted by Gasteiger charge is -2.22. The van der Waals surface area contributed by atoms with Crippen LogP contribution >= 0.6 is 28.3 Å². The average Bonchev–Trinajstić information content (AvgIpc) is 2.96. The van der Waals surface area contributed by atoms with Crippen LogP contribution in [0.15, 0.2) is 16.7 Å². The van der Waals surface area contributed by atoms with Crippen molar-refractivity contribution in [2.24, 2.45) is 5.92 Å². The number of nitrogens with one attached hydrogen (secondary N) is 2. The minimum atomic E-state index is -0.0380. The predicted molar refractivity (Wildman–Crippen MR) is 80.6 cm³/mol. The Labute approximate surface area is 127 Å². The van der Waals surface area contributed by atoms with Crippen molar-refractivity contribution in [3.05, 3.63) is 22.3 Å². The maximum absolute atomic E-state index is 12.2. The normalized spacial score (nSPS) is 28.0. The summed E-state index contributed by atoms with van der Waals surface area (Å²) in [5, 5.41) is 6.33. The molecule has 1 aromatic rings. The fraction of sp³-hybridized carbons (Fsp3) is 0.538. The van der Waals surface area contributed by atoms with Crippen LogP contribution in [0.1, 0.15) is 24.8 Å². The molecule has 1 amide bonds. The first-order valence-electron chi connectivity index (χ1n) is 6.33. The van der Waals surface area contributed by atoms with E-state index in [9.17, 15) is 4.79 Å². The van der Waals surface area contributed by atoms with Gasteiger partial charge in [-0.3, -0.25) is 4.79 Å². The van der Waals surface area contributed by atoms with Gasteiger partial charge in [-0.1, -0.05) is 6.07 Å². The predicted octanol–water partition coefficient (Wildman–Crippen LogP) is 2.65. The van der Waals surface area contributed by atoms with Crippen LogP contribution in [0.25, 0.3) is 0 Å². The lowest BCUT2D eigenvalue weighted by atomic mass is 9.99. The van der Waals surface area contributed by atoms with Crippen molar-refractivity contribution in [1.29, 1.82) is 0 Å². The third-order valence-electron chi connectivity index (χ3n) is 3.95. The number of pyridine rings is 1. The van der Waals surface area contributed by atoms with Crippen LogP contribution in [0.3, 0.4) is 0 Å². The third kappa shape index (κ3) is 2.93. The Morgan fingerprint density at radius 1 is 1.47 bits per heavy atom. The molecule has 1 saturated carbocycles. The van der Waals surface area contributed by atoms with Gasteiger partial charge in [-0.15, -0.1) is 12.4 Å². The average molecular weight is 347 g/mol. The molecule has 2 N–H and O–H groups in total. The molecule has 3 unspecified atom stereocenters. The number of hydrogen-bond donors (Lipinski definition) is 2. The Hall–Kier alpha value is -0.650. The molecule has 1 saturated heterocycles. The molecule has 6 heteroatoms. The van der Waals surface area contributed by atoms with E-state index in [0.717, 1.165) is 16.6 Å². The number of rotatable bonds is 2. The zero-order valence-electron chi connectivity index (χ0n) is 10.6. The smallest absolute Gasteiger partial charge is 0.242 e. The molecule has 0 radical (unpaired) electrons. The first-order valence-corrected chi connectivity index (χ1v) is 7.13. The van der Waals surface area contributed by atoms with E-state index in [-0.39, 0.29) is 24.4 Å². The van der Waals surface area contributed by atoms with Gasteiger partial charge in [0, 0.05) is 6.04 Å². The Kier molecular flexibility index (Phi) is 4.48. The molecule has 3 rings (SSSR count). The molecule has 19 heavy (non-hydrogen) atoms. The van der Waals surface area contributed by atoms with Gasteiger partial charge in [-0.25, -0.2) is 4.98 Å². The minimum Gasteiger partial charge on any atom is -0.309 e. The van der Waals surface area contributed by atoms with Gasteiger partial charge in [0.1, 0.15) is 10.4 Å². The van der Waals surface area contributed by atoms with Crippen LogP contribution in [0.5, 0.6) is 0 Å². The van der Waals surface area contributed by atoms with E-state index >= 15 is 0 Å². The molecule has 2 fully saturated rings. The summed E-state index contributed by atoms with van der Waals surface area (Å²) in [4.78, 5) is 16.5. The standard InChI is InChI=1S/C13H16BrN3O.ClH/c1-7-2-5-10(14)16-12(7)17-13(18)11-8-3-4-9(6-8)15-11;/h2,5,8-9,11,15H,3-4,6H2,1H3,(H,16,17,18);1H. The van der Waals surface area contributed by atoms with Gasteiger partial charge in [0.05, 0.1) is 6.04 Å². The topological polar surface area (TPSA) is 54.0 Å². The first kappa shape index (κ1) is 14.8. The summed E-state index contributed by atoms with van der Waals surface area (Å²) < 4.78 is 0.740. The summed E-state index contributed by atoms with van der Waals surface area (Å²) in [6.07, 6.45) is 3.52. The highest BCUT2D eigenvalue weighted by Gasteiger charge is 2.42. The van der Waals surface area contributed by atoms with Crippen LogP contribution in [0.4, 0.5) is 5.82 Å². The van der Waals surface area contributed by atoms with E-state index in [1.165, 1.54) is 12.8 Å². The van der Waals surface area contributed by atoms with Gasteiger partial charge < -0.3 is 10.6 Å². The van der Waals surface area contributed by atoms with Crippen LogP contribution in [-0.4, -0.2) is 23.0 Å². The second-order valence-corrected chi connectivity index (χ2v) is 6.02. The molecule has 4 nitrogen and oxygen atoms in total. The Balaban J connectivity index is 0.00000133. The highest BCUT2D eigenvalue weighted by Crippen LogP contribution is 2.35. The highest BCUT2D eigenvalue weighted by molar-refractivity contribution is 9.10. The number of nitrogens with zero attached hydrogens (tertiary/aromatic N) is 1. The van der Waals surface area contributed by atoms with Crippen molar-refractivity contribution in [2.45, 2.75) is 38.3 Å². The summed E-state index contributed by atoms with van der Waals surface area (Å²) in [5.74, 6) is 1.21. The van der Waals surface area contributed by atoms with Crippen LogP contribution in [-0.2, 0) is 4.79 Å². The number of carbonyl (C=O) groups excluding carboxylic acids is 1. The SMILES string of the molecule is Cc1ccc(Br)nc1NC(=O)C1NC2CCC1C2.Cl. The molecule has 2 aliphatic rings. The van der Waals surface area contributed by atoms with E-state index in [2.05, 4.69) is 31.5 Å². The monoisotopic (exact) mass is 345 g/mol. The number of aryl methyl sites for hydroxylation is 1. The number of amides is 1. The van der Waals surface area contributed by atoms with Gasteiger partial charge >= 0.3 is 0 Å². The maximum atomic E-state index is 12.2. The fourth-order valence-electron chi connectivity index (χ4n) is 2.98. The van der Waals surface area contributed by atoms with Crippen molar-refractivity contribution in [2.75, 3.05) is 5.32 Å². The van der Waals surface area contributed by atoms with Crippen molar-refractivity contribution in [3.8, 4) is 0 Å². The van der Waals surface area contributed by atoms with E-state index < -0.39 is 0 Å². The number of halogens is 2. The molecule has 0 aromatic carbocycles. The summed E-state index contributed by atoms with van der Waals surface area (Å²) in [5.41, 5.74) is 0.981. The number of aromatic nitrogens is 1. The van der Waals surface area contributed by atoms with Crippen molar-refractivity contribution >= 4 is 40.1 Å². The van der Waals surface area contributed by atoms with Gasteiger partial charge in [0.2, 0.25) is 5.91 Å². The number of hydrogen-bond acceptors (Lipinski definition) is 3. The van der Waals surface area contributed by atoms with E-state index in [1.54, 1.807) is 0 Å². The second-order valence-electron chi connectivity index (χ2n) is 5.20. The van der Waals surface area contributed by atoms with Crippen LogP contribution < -0.4 is 10.6 Å². The molecule has 1 aliphatic heterocycles. The Bertz CT molecular complexity index is 497. The maximum Gasteiger partial charge on any atom is 0.242 e. The summed E-state index contributed by atoms with van der Waals surface area (Å²) in [7, 11) is 0. The molecule has 3 atom stereocenters. The van der Waals surface area contributed by atoms with Crippen molar-refractivity contribution in [1.82, 2.24) is 10.3 Å². The number of piperidine rings is 1. The third-order valence-corrected chi connectivity index (χ3v) is 4.39. The van der Waals surface area contributed by atoms with E-state index in [0.29, 0.717) is 17.8 Å². The molecule has 104 valence electrons. The second kappa shape index (κ2) is 5.77. The molecule has 2 heterocycles. The summed E-state index contributed by atoms with van der Waals surface area (Å²) in [6, 6.07) is 4.33. The van der Waals surface area contributed by atoms with E-state index in [1.807, 2.05) is 19.1 Å². The summed E-state index contributed by atoms with van der Waals surface area (Å²) in [6.45, 7) is 1.95. The number of fused-ring (bicyclic) bond motifs is 2. The first-order chi connectivity index (χ1) is 8.63.